The average Bonchev–Trinajstić information content (AvgIpc) is 2.33. The summed E-state index contributed by atoms with van der Waals surface area (Å²) in [7, 11) is 7.46. The van der Waals surface area contributed by atoms with E-state index in [1.54, 1.807) is 0 Å². The number of nitrogens with zero attached hydrogens (tertiary/aromatic N) is 2. The van der Waals surface area contributed by atoms with Crippen LogP contribution in [0.2, 0.25) is 6.04 Å². The molecule has 0 bridgehead atoms. The highest BCUT2D eigenvalue weighted by Gasteiger charge is 2.10. The van der Waals surface area contributed by atoms with E-state index in [1.807, 2.05) is 28.2 Å². The van der Waals surface area contributed by atoms with Gasteiger partial charge in [0.05, 0.1) is 13.2 Å². The van der Waals surface area contributed by atoms with E-state index in [1.165, 1.54) is 0 Å². The fourth-order valence-corrected chi connectivity index (χ4v) is 2.70. The lowest BCUT2D eigenvalue weighted by molar-refractivity contribution is -0.248. The Bertz CT molecular complexity index is 186. The van der Waals surface area contributed by atoms with Crippen LogP contribution < -0.4 is 0 Å². The van der Waals surface area contributed by atoms with E-state index in [0.29, 0.717) is 19.1 Å². The van der Waals surface area contributed by atoms with Crippen molar-refractivity contribution in [3.05, 3.63) is 0 Å². The Morgan fingerprint density at radius 3 is 1.95 bits per heavy atom. The quantitative estimate of drug-likeness (QED) is 0.215. The van der Waals surface area contributed by atoms with Crippen LogP contribution in [0.1, 0.15) is 6.42 Å². The maximum atomic E-state index is 5.71. The first kappa shape index (κ1) is 19.3. The van der Waals surface area contributed by atoms with Crippen molar-refractivity contribution in [2.24, 2.45) is 0 Å². The zero-order valence-electron chi connectivity index (χ0n) is 12.7. The van der Waals surface area contributed by atoms with Gasteiger partial charge in [0.2, 0.25) is 0 Å². The van der Waals surface area contributed by atoms with Gasteiger partial charge in [0, 0.05) is 19.0 Å². The van der Waals surface area contributed by atoms with E-state index in [4.69, 9.17) is 25.5 Å². The van der Waals surface area contributed by atoms with Gasteiger partial charge in [-0.2, -0.15) is 0 Å². The standard InChI is InChI=1S/C12H29ClN2O3Si/c1-14(2)7-9-16-12(17-10-8-15(3)4)18-19-11-5-6-13/h12H,5-11,19H2,1-4H3. The van der Waals surface area contributed by atoms with Gasteiger partial charge in [-0.15, -0.1) is 11.6 Å². The monoisotopic (exact) mass is 312 g/mol. The smallest absolute Gasteiger partial charge is 0.261 e. The summed E-state index contributed by atoms with van der Waals surface area (Å²) in [6.45, 7) is 2.44. The number of hydrogen-bond acceptors (Lipinski definition) is 5. The molecule has 0 aromatic heterocycles. The number of halogens is 1. The second-order valence-electron chi connectivity index (χ2n) is 4.90. The lowest BCUT2D eigenvalue weighted by Crippen LogP contribution is -2.30. The SMILES string of the molecule is CN(C)CCOC(OCCN(C)C)O[SiH2]CCCCl. The molecule has 0 rings (SSSR count). The van der Waals surface area contributed by atoms with E-state index in [9.17, 15) is 0 Å². The molecule has 0 unspecified atom stereocenters. The number of ether oxygens (including phenoxy) is 2. The molecule has 0 aliphatic heterocycles. The molecule has 0 atom stereocenters. The van der Waals surface area contributed by atoms with Crippen LogP contribution in [-0.2, 0) is 13.9 Å². The van der Waals surface area contributed by atoms with Gasteiger partial charge >= 0.3 is 0 Å². The van der Waals surface area contributed by atoms with Crippen LogP contribution in [0.25, 0.3) is 0 Å². The average molecular weight is 313 g/mol. The summed E-state index contributed by atoms with van der Waals surface area (Å²) >= 11 is 5.65. The molecule has 0 aliphatic rings. The molecular weight excluding hydrogens is 284 g/mol. The molecular formula is C12H29ClN2O3Si. The van der Waals surface area contributed by atoms with Crippen LogP contribution >= 0.6 is 11.6 Å². The van der Waals surface area contributed by atoms with Gasteiger partial charge in [-0.25, -0.2) is 0 Å². The van der Waals surface area contributed by atoms with Crippen LogP contribution in [0, 0.1) is 0 Å². The fourth-order valence-electron chi connectivity index (χ4n) is 1.18. The van der Waals surface area contributed by atoms with Crippen LogP contribution in [-0.4, -0.2) is 86.4 Å². The topological polar surface area (TPSA) is 34.2 Å². The maximum absolute atomic E-state index is 5.71. The van der Waals surface area contributed by atoms with Crippen molar-refractivity contribution >= 4 is 21.4 Å². The highest BCUT2D eigenvalue weighted by atomic mass is 35.5. The van der Waals surface area contributed by atoms with Gasteiger partial charge < -0.3 is 23.7 Å². The van der Waals surface area contributed by atoms with Crippen LogP contribution in [0.15, 0.2) is 0 Å². The molecule has 0 aliphatic carbocycles. The summed E-state index contributed by atoms with van der Waals surface area (Å²) < 4.78 is 16.9. The van der Waals surface area contributed by atoms with Crippen molar-refractivity contribution in [1.29, 1.82) is 0 Å². The summed E-state index contributed by atoms with van der Waals surface area (Å²) in [5.74, 6) is 0.698. The third-order valence-corrected chi connectivity index (χ3v) is 3.93. The lowest BCUT2D eigenvalue weighted by Gasteiger charge is -2.21. The van der Waals surface area contributed by atoms with E-state index in [2.05, 4.69) is 9.80 Å². The molecule has 0 spiro atoms. The second kappa shape index (κ2) is 13.3. The van der Waals surface area contributed by atoms with Crippen molar-refractivity contribution in [3.63, 3.8) is 0 Å². The first-order chi connectivity index (χ1) is 9.06. The highest BCUT2D eigenvalue weighted by molar-refractivity contribution is 6.27. The van der Waals surface area contributed by atoms with Crippen LogP contribution in [0.4, 0.5) is 0 Å². The Labute approximate surface area is 125 Å². The Morgan fingerprint density at radius 1 is 1.00 bits per heavy atom. The number of likely N-dealkylation sites (N-methyl/N-ethyl adjacent to an activating group) is 2. The zero-order chi connectivity index (χ0) is 14.5. The van der Waals surface area contributed by atoms with Gasteiger partial charge in [-0.3, -0.25) is 0 Å². The Balaban J connectivity index is 3.78. The summed E-state index contributed by atoms with van der Waals surface area (Å²) in [5.41, 5.74) is 0. The Hall–Kier alpha value is 0.307. The summed E-state index contributed by atoms with van der Waals surface area (Å²) in [6.07, 6.45) is 1.01. The van der Waals surface area contributed by atoms with Gasteiger partial charge in [-0.1, -0.05) is 0 Å². The van der Waals surface area contributed by atoms with Crippen molar-refractivity contribution in [3.8, 4) is 0 Å². The van der Waals surface area contributed by atoms with Gasteiger partial charge in [0.25, 0.3) is 6.48 Å². The fraction of sp³-hybridized carbons (Fsp3) is 1.00. The van der Waals surface area contributed by atoms with Crippen molar-refractivity contribution in [2.45, 2.75) is 18.9 Å². The molecule has 0 aromatic carbocycles. The third-order valence-electron chi connectivity index (χ3n) is 2.37. The van der Waals surface area contributed by atoms with Crippen LogP contribution in [0.5, 0.6) is 0 Å². The summed E-state index contributed by atoms with van der Waals surface area (Å²) in [4.78, 5) is 4.14. The van der Waals surface area contributed by atoms with E-state index < -0.39 is 16.2 Å². The molecule has 0 heterocycles. The summed E-state index contributed by atoms with van der Waals surface area (Å²) in [6, 6.07) is 1.06. The molecule has 0 aromatic rings. The Kier molecular flexibility index (Phi) is 13.5. The molecule has 19 heavy (non-hydrogen) atoms. The number of alkyl halides is 1. The van der Waals surface area contributed by atoms with Gasteiger partial charge in [0.1, 0.15) is 0 Å². The van der Waals surface area contributed by atoms with E-state index in [-0.39, 0.29) is 0 Å². The minimum atomic E-state index is -0.603. The minimum absolute atomic E-state index is 0.512. The molecule has 0 saturated heterocycles. The molecule has 0 saturated carbocycles. The number of rotatable bonds is 13. The molecule has 0 radical (unpaired) electrons. The highest BCUT2D eigenvalue weighted by Crippen LogP contribution is 2.01. The zero-order valence-corrected chi connectivity index (χ0v) is 14.9. The number of hydrogen-bond donors (Lipinski definition) is 0. The van der Waals surface area contributed by atoms with E-state index in [0.717, 1.165) is 25.6 Å². The largest absolute Gasteiger partial charge is 0.379 e. The third kappa shape index (κ3) is 14.5. The first-order valence-corrected chi connectivity index (χ1v) is 8.87. The maximum Gasteiger partial charge on any atom is 0.261 e. The summed E-state index contributed by atoms with van der Waals surface area (Å²) in [5, 5.41) is 0. The first-order valence-electron chi connectivity index (χ1n) is 6.76. The minimum Gasteiger partial charge on any atom is -0.379 e. The van der Waals surface area contributed by atoms with Crippen LogP contribution in [0.3, 0.4) is 0 Å². The molecule has 7 heteroatoms. The van der Waals surface area contributed by atoms with Crippen molar-refractivity contribution < 1.29 is 13.9 Å². The predicted molar refractivity (Wildman–Crippen MR) is 82.6 cm³/mol. The van der Waals surface area contributed by atoms with Gasteiger partial charge in [-0.05, 0) is 40.7 Å². The lowest BCUT2D eigenvalue weighted by atomic mass is 10.6. The van der Waals surface area contributed by atoms with Gasteiger partial charge in [0.15, 0.2) is 9.76 Å². The molecule has 0 N–H and O–H groups in total. The Morgan fingerprint density at radius 2 is 1.53 bits per heavy atom. The second-order valence-corrected chi connectivity index (χ2v) is 6.73. The molecule has 116 valence electrons. The predicted octanol–water partition coefficient (Wildman–Crippen LogP) is 0.574. The normalized spacial score (nSPS) is 12.6. The molecule has 0 amide bonds. The van der Waals surface area contributed by atoms with E-state index >= 15 is 0 Å². The van der Waals surface area contributed by atoms with Crippen molar-refractivity contribution in [1.82, 2.24) is 9.80 Å². The van der Waals surface area contributed by atoms with Crippen molar-refractivity contribution in [2.75, 3.05) is 60.4 Å². The molecule has 5 nitrogen and oxygen atoms in total. The molecule has 0 fully saturated rings.